The number of likely N-dealkylation sites (tertiary alicyclic amines) is 1. The molecule has 2 aromatic carbocycles. The highest BCUT2D eigenvalue weighted by Crippen LogP contribution is 2.32. The minimum absolute atomic E-state index is 0.00176. The molecule has 40 heavy (non-hydrogen) atoms. The van der Waals surface area contributed by atoms with Gasteiger partial charge in [0.15, 0.2) is 0 Å². The molecule has 3 aromatic rings. The minimum Gasteiger partial charge on any atom is -0.444 e. The molecule has 9 nitrogen and oxygen atoms in total. The van der Waals surface area contributed by atoms with Gasteiger partial charge in [-0.05, 0) is 83.4 Å². The molecule has 0 aliphatic carbocycles. The minimum atomic E-state index is -0.600. The van der Waals surface area contributed by atoms with Crippen molar-refractivity contribution in [3.05, 3.63) is 52.0 Å². The predicted octanol–water partition coefficient (Wildman–Crippen LogP) is 5.78. The summed E-state index contributed by atoms with van der Waals surface area (Å²) in [6.45, 7) is 12.1. The SMILES string of the molecule is C[C@@H]1CN(c2ccc3nnn([C@H](C)c4ccc(Cl)cc4Cl)c3c2)CCN1C(=O)C1CCCN1C(=O)OC(C)(C)C. The molecule has 0 spiro atoms. The quantitative estimate of drug-likeness (QED) is 0.385. The van der Waals surface area contributed by atoms with Gasteiger partial charge in [-0.25, -0.2) is 9.48 Å². The number of hydrogen-bond donors (Lipinski definition) is 0. The first-order valence-electron chi connectivity index (χ1n) is 13.8. The molecule has 2 aliphatic rings. The summed E-state index contributed by atoms with van der Waals surface area (Å²) in [5, 5.41) is 9.96. The summed E-state index contributed by atoms with van der Waals surface area (Å²) in [5.41, 5.74) is 3.06. The van der Waals surface area contributed by atoms with Crippen molar-refractivity contribution in [2.75, 3.05) is 31.1 Å². The second-order valence-corrected chi connectivity index (χ2v) is 12.6. The van der Waals surface area contributed by atoms with E-state index < -0.39 is 17.7 Å². The lowest BCUT2D eigenvalue weighted by molar-refractivity contribution is -0.138. The molecule has 0 bridgehead atoms. The van der Waals surface area contributed by atoms with Crippen LogP contribution in [-0.4, -0.2) is 80.7 Å². The topological polar surface area (TPSA) is 83.8 Å². The number of halogens is 2. The fraction of sp³-hybridized carbons (Fsp3) is 0.517. The summed E-state index contributed by atoms with van der Waals surface area (Å²) in [6, 6.07) is 11.0. The number of fused-ring (bicyclic) bond motifs is 1. The summed E-state index contributed by atoms with van der Waals surface area (Å²) in [5.74, 6) is 0.00176. The summed E-state index contributed by atoms with van der Waals surface area (Å²) in [6.07, 6.45) is 1.04. The van der Waals surface area contributed by atoms with Crippen LogP contribution in [0, 0.1) is 0 Å². The summed E-state index contributed by atoms with van der Waals surface area (Å²) >= 11 is 12.6. The fourth-order valence-corrected chi connectivity index (χ4v) is 6.22. The van der Waals surface area contributed by atoms with Crippen molar-refractivity contribution < 1.29 is 14.3 Å². The zero-order valence-electron chi connectivity index (χ0n) is 23.6. The lowest BCUT2D eigenvalue weighted by atomic mass is 10.1. The Morgan fingerprint density at radius 1 is 1.05 bits per heavy atom. The van der Waals surface area contributed by atoms with Gasteiger partial charge in [0.25, 0.3) is 0 Å². The number of carbonyl (C=O) groups is 2. The number of amides is 2. The van der Waals surface area contributed by atoms with E-state index in [0.29, 0.717) is 42.6 Å². The summed E-state index contributed by atoms with van der Waals surface area (Å²) < 4.78 is 7.45. The monoisotopic (exact) mass is 586 g/mol. The Kier molecular flexibility index (Phi) is 7.90. The molecule has 11 heteroatoms. The number of carbonyl (C=O) groups excluding carboxylic acids is 2. The first kappa shape index (κ1) is 28.5. The molecule has 0 radical (unpaired) electrons. The zero-order valence-corrected chi connectivity index (χ0v) is 25.1. The third kappa shape index (κ3) is 5.72. The number of piperazine rings is 1. The van der Waals surface area contributed by atoms with E-state index >= 15 is 0 Å². The average molecular weight is 588 g/mol. The van der Waals surface area contributed by atoms with Crippen molar-refractivity contribution >= 4 is 51.9 Å². The first-order valence-corrected chi connectivity index (χ1v) is 14.5. The summed E-state index contributed by atoms with van der Waals surface area (Å²) in [7, 11) is 0. The molecule has 2 saturated heterocycles. The molecule has 0 N–H and O–H groups in total. The van der Waals surface area contributed by atoms with Crippen LogP contribution in [0.4, 0.5) is 10.5 Å². The normalized spacial score (nSPS) is 20.7. The van der Waals surface area contributed by atoms with Crippen molar-refractivity contribution in [1.29, 1.82) is 0 Å². The second-order valence-electron chi connectivity index (χ2n) is 11.7. The third-order valence-electron chi connectivity index (χ3n) is 7.68. The van der Waals surface area contributed by atoms with Crippen molar-refractivity contribution in [1.82, 2.24) is 24.8 Å². The maximum atomic E-state index is 13.6. The molecule has 1 aromatic heterocycles. The van der Waals surface area contributed by atoms with E-state index in [1.54, 1.807) is 11.0 Å². The largest absolute Gasteiger partial charge is 0.444 e. The number of ether oxygens (including phenoxy) is 1. The van der Waals surface area contributed by atoms with E-state index in [9.17, 15) is 9.59 Å². The molecular weight excluding hydrogens is 551 g/mol. The number of aromatic nitrogens is 3. The Hall–Kier alpha value is -3.04. The third-order valence-corrected chi connectivity index (χ3v) is 8.24. The number of anilines is 1. The number of benzene rings is 2. The second kappa shape index (κ2) is 11.1. The number of hydrogen-bond acceptors (Lipinski definition) is 6. The lowest BCUT2D eigenvalue weighted by Crippen LogP contribution is -2.58. The van der Waals surface area contributed by atoms with E-state index in [0.717, 1.165) is 28.7 Å². The Morgan fingerprint density at radius 3 is 2.52 bits per heavy atom. The van der Waals surface area contributed by atoms with Crippen LogP contribution in [0.2, 0.25) is 10.0 Å². The van der Waals surface area contributed by atoms with Crippen LogP contribution < -0.4 is 4.90 Å². The molecule has 0 saturated carbocycles. The lowest BCUT2D eigenvalue weighted by Gasteiger charge is -2.42. The highest BCUT2D eigenvalue weighted by atomic mass is 35.5. The molecule has 2 amide bonds. The van der Waals surface area contributed by atoms with Crippen LogP contribution in [0.15, 0.2) is 36.4 Å². The van der Waals surface area contributed by atoms with Crippen LogP contribution in [0.25, 0.3) is 11.0 Å². The summed E-state index contributed by atoms with van der Waals surface area (Å²) in [4.78, 5) is 32.2. The molecule has 2 aliphatic heterocycles. The highest BCUT2D eigenvalue weighted by molar-refractivity contribution is 6.35. The molecule has 214 valence electrons. The maximum absolute atomic E-state index is 13.6. The van der Waals surface area contributed by atoms with E-state index in [2.05, 4.69) is 28.2 Å². The van der Waals surface area contributed by atoms with E-state index in [1.807, 2.05) is 61.5 Å². The van der Waals surface area contributed by atoms with Crippen LogP contribution in [0.1, 0.15) is 59.1 Å². The van der Waals surface area contributed by atoms with Gasteiger partial charge in [0.2, 0.25) is 5.91 Å². The number of nitrogens with zero attached hydrogens (tertiary/aromatic N) is 6. The van der Waals surface area contributed by atoms with Gasteiger partial charge in [0.05, 0.1) is 11.6 Å². The van der Waals surface area contributed by atoms with Crippen LogP contribution in [-0.2, 0) is 9.53 Å². The number of rotatable bonds is 4. The van der Waals surface area contributed by atoms with Gasteiger partial charge in [0.1, 0.15) is 17.2 Å². The molecule has 1 unspecified atom stereocenters. The molecular formula is C29H36Cl2N6O3. The van der Waals surface area contributed by atoms with Crippen molar-refractivity contribution in [3.63, 3.8) is 0 Å². The Morgan fingerprint density at radius 2 is 1.82 bits per heavy atom. The van der Waals surface area contributed by atoms with Gasteiger partial charge in [0, 0.05) is 48.0 Å². The zero-order chi connectivity index (χ0) is 28.8. The highest BCUT2D eigenvalue weighted by Gasteiger charge is 2.41. The smallest absolute Gasteiger partial charge is 0.410 e. The van der Waals surface area contributed by atoms with Gasteiger partial charge in [-0.15, -0.1) is 5.10 Å². The van der Waals surface area contributed by atoms with Gasteiger partial charge in [-0.1, -0.05) is 34.5 Å². The molecule has 2 fully saturated rings. The van der Waals surface area contributed by atoms with Crippen molar-refractivity contribution in [2.45, 2.75) is 71.2 Å². The van der Waals surface area contributed by atoms with Crippen LogP contribution >= 0.6 is 23.2 Å². The van der Waals surface area contributed by atoms with Crippen LogP contribution in [0.3, 0.4) is 0 Å². The van der Waals surface area contributed by atoms with E-state index in [4.69, 9.17) is 27.9 Å². The van der Waals surface area contributed by atoms with Crippen molar-refractivity contribution in [3.8, 4) is 0 Å². The van der Waals surface area contributed by atoms with Crippen molar-refractivity contribution in [2.24, 2.45) is 0 Å². The standard InChI is InChI=1S/C29H36Cl2N6O3/c1-18-17-34(13-14-35(18)27(38)25-7-6-12-36(25)28(39)40-29(3,4)5)21-9-11-24-26(16-21)37(33-32-24)19(2)22-10-8-20(30)15-23(22)31/h8-11,15-16,18-19,25H,6-7,12-14,17H2,1-5H3/t18-,19-,25?/m1/s1. The van der Waals surface area contributed by atoms with Gasteiger partial charge >= 0.3 is 6.09 Å². The molecule has 5 rings (SSSR count). The fourth-order valence-electron chi connectivity index (χ4n) is 5.65. The van der Waals surface area contributed by atoms with Gasteiger partial charge in [-0.3, -0.25) is 9.69 Å². The maximum Gasteiger partial charge on any atom is 0.410 e. The van der Waals surface area contributed by atoms with Gasteiger partial charge in [-0.2, -0.15) is 0 Å². The van der Waals surface area contributed by atoms with E-state index in [1.165, 1.54) is 0 Å². The Labute approximate surface area is 244 Å². The first-order chi connectivity index (χ1) is 18.9. The molecule has 3 heterocycles. The van der Waals surface area contributed by atoms with Gasteiger partial charge < -0.3 is 14.5 Å². The molecule has 3 atom stereocenters. The Bertz CT molecular complexity index is 1420. The van der Waals surface area contributed by atoms with Crippen LogP contribution in [0.5, 0.6) is 0 Å². The Balaban J connectivity index is 1.30. The average Bonchev–Trinajstić information content (AvgIpc) is 3.54. The predicted molar refractivity (Wildman–Crippen MR) is 157 cm³/mol. The van der Waals surface area contributed by atoms with E-state index in [-0.39, 0.29) is 18.0 Å².